The zero-order chi connectivity index (χ0) is 14.5. The smallest absolute Gasteiger partial charge is 0.134 e. The molecule has 0 aliphatic heterocycles. The van der Waals surface area contributed by atoms with Gasteiger partial charge in [-0.1, -0.05) is 0 Å². The summed E-state index contributed by atoms with van der Waals surface area (Å²) in [6, 6.07) is 0. The first-order chi connectivity index (χ1) is 8.18. The summed E-state index contributed by atoms with van der Waals surface area (Å²) in [4.78, 5) is 8.36. The predicted octanol–water partition coefficient (Wildman–Crippen LogP) is -0.814. The van der Waals surface area contributed by atoms with E-state index in [1.54, 1.807) is 0 Å². The van der Waals surface area contributed by atoms with E-state index in [1.807, 2.05) is 56.4 Å². The van der Waals surface area contributed by atoms with E-state index in [-0.39, 0.29) is 18.6 Å². The maximum absolute atomic E-state index is 6.13. The fourth-order valence-corrected chi connectivity index (χ4v) is 2.09. The predicted molar refractivity (Wildman–Crippen MR) is 76.3 cm³/mol. The van der Waals surface area contributed by atoms with Crippen LogP contribution in [0.4, 0.5) is 0 Å². The van der Waals surface area contributed by atoms with E-state index in [1.165, 1.54) is 0 Å². The first kappa shape index (κ1) is 17.8. The Morgan fingerprint density at radius 1 is 0.778 bits per heavy atom. The molecule has 0 rings (SSSR count). The second-order valence-electron chi connectivity index (χ2n) is 5.55. The number of hydrogen-bond acceptors (Lipinski definition) is 6. The van der Waals surface area contributed by atoms with Crippen LogP contribution in [0.5, 0.6) is 0 Å². The second-order valence-corrected chi connectivity index (χ2v) is 5.55. The molecule has 6 heteroatoms. The van der Waals surface area contributed by atoms with Gasteiger partial charge in [0.25, 0.3) is 0 Å². The SMILES string of the molecule is CN(C)C(COC(N)C(N(C)C)N(C)C)N(C)C. The Morgan fingerprint density at radius 2 is 1.17 bits per heavy atom. The van der Waals surface area contributed by atoms with Gasteiger partial charge in [-0.25, -0.2) is 0 Å². The minimum absolute atomic E-state index is 0.0648. The zero-order valence-electron chi connectivity index (χ0n) is 13.2. The van der Waals surface area contributed by atoms with Crippen molar-refractivity contribution in [1.29, 1.82) is 0 Å². The number of hydrogen-bond donors (Lipinski definition) is 1. The Labute approximate surface area is 112 Å². The van der Waals surface area contributed by atoms with Crippen LogP contribution in [-0.2, 0) is 4.74 Å². The van der Waals surface area contributed by atoms with Crippen molar-refractivity contribution in [3.05, 3.63) is 0 Å². The van der Waals surface area contributed by atoms with Crippen molar-refractivity contribution < 1.29 is 4.74 Å². The van der Waals surface area contributed by atoms with E-state index in [0.717, 1.165) is 0 Å². The molecule has 0 aliphatic rings. The highest BCUT2D eigenvalue weighted by atomic mass is 16.5. The van der Waals surface area contributed by atoms with Gasteiger partial charge >= 0.3 is 0 Å². The van der Waals surface area contributed by atoms with Gasteiger partial charge in [0.15, 0.2) is 0 Å². The van der Waals surface area contributed by atoms with E-state index in [9.17, 15) is 0 Å². The summed E-state index contributed by atoms with van der Waals surface area (Å²) < 4.78 is 5.82. The van der Waals surface area contributed by atoms with Crippen LogP contribution in [0.2, 0.25) is 0 Å². The molecule has 0 spiro atoms. The molecule has 0 saturated heterocycles. The topological polar surface area (TPSA) is 48.2 Å². The molecular formula is C12H31N5O. The lowest BCUT2D eigenvalue weighted by atomic mass is 10.3. The van der Waals surface area contributed by atoms with Crippen LogP contribution in [0.1, 0.15) is 0 Å². The summed E-state index contributed by atoms with van der Waals surface area (Å²) in [6.07, 6.45) is -0.0478. The molecule has 0 aromatic rings. The van der Waals surface area contributed by atoms with E-state index < -0.39 is 0 Å². The third kappa shape index (κ3) is 5.60. The minimum atomic E-state index is -0.336. The van der Waals surface area contributed by atoms with Crippen LogP contribution in [-0.4, -0.2) is 101 Å². The van der Waals surface area contributed by atoms with Crippen LogP contribution in [0.25, 0.3) is 0 Å². The van der Waals surface area contributed by atoms with Gasteiger partial charge < -0.3 is 10.5 Å². The number of nitrogens with two attached hydrogens (primary N) is 1. The monoisotopic (exact) mass is 261 g/mol. The minimum Gasteiger partial charge on any atom is -0.357 e. The van der Waals surface area contributed by atoms with Crippen LogP contribution in [0, 0.1) is 0 Å². The van der Waals surface area contributed by atoms with E-state index in [0.29, 0.717) is 6.61 Å². The molecular weight excluding hydrogens is 230 g/mol. The summed E-state index contributed by atoms with van der Waals surface area (Å²) >= 11 is 0. The van der Waals surface area contributed by atoms with Gasteiger partial charge in [-0.05, 0) is 56.4 Å². The molecule has 6 nitrogen and oxygen atoms in total. The molecule has 1 unspecified atom stereocenters. The summed E-state index contributed by atoms with van der Waals surface area (Å²) in [5.41, 5.74) is 6.13. The van der Waals surface area contributed by atoms with Crippen LogP contribution in [0.3, 0.4) is 0 Å². The average Bonchev–Trinajstić information content (AvgIpc) is 2.14. The highest BCUT2D eigenvalue weighted by Gasteiger charge is 2.24. The molecule has 0 bridgehead atoms. The summed E-state index contributed by atoms with van der Waals surface area (Å²) in [5, 5.41) is 0. The summed E-state index contributed by atoms with van der Waals surface area (Å²) in [6.45, 7) is 0.583. The Balaban J connectivity index is 4.41. The molecule has 0 fully saturated rings. The molecule has 18 heavy (non-hydrogen) atoms. The molecule has 110 valence electrons. The molecule has 0 aliphatic carbocycles. The van der Waals surface area contributed by atoms with Gasteiger partial charge in [0.1, 0.15) is 12.4 Å². The number of likely N-dealkylation sites (N-methyl/N-ethyl adjacent to an activating group) is 4. The number of ether oxygens (including phenoxy) is 1. The van der Waals surface area contributed by atoms with E-state index in [4.69, 9.17) is 10.5 Å². The third-order valence-corrected chi connectivity index (χ3v) is 2.98. The summed E-state index contributed by atoms with van der Waals surface area (Å²) in [5.74, 6) is 0. The number of nitrogens with zero attached hydrogens (tertiary/aromatic N) is 4. The standard InChI is InChI=1S/C12H31N5O/c1-14(2)10(15(3)4)9-18-11(13)12(16(5)6)17(7)8/h10-12H,9,13H2,1-8H3. The van der Waals surface area contributed by atoms with Crippen molar-refractivity contribution in [2.75, 3.05) is 63.0 Å². The molecule has 0 heterocycles. The maximum Gasteiger partial charge on any atom is 0.134 e. The second kappa shape index (κ2) is 8.04. The van der Waals surface area contributed by atoms with Gasteiger partial charge in [0.2, 0.25) is 0 Å². The largest absolute Gasteiger partial charge is 0.357 e. The number of rotatable bonds is 8. The van der Waals surface area contributed by atoms with E-state index in [2.05, 4.69) is 19.6 Å². The molecule has 0 saturated carbocycles. The Kier molecular flexibility index (Phi) is 7.93. The molecule has 0 aromatic heterocycles. The van der Waals surface area contributed by atoms with E-state index >= 15 is 0 Å². The van der Waals surface area contributed by atoms with Crippen LogP contribution < -0.4 is 5.73 Å². The van der Waals surface area contributed by atoms with Gasteiger partial charge in [0, 0.05) is 0 Å². The van der Waals surface area contributed by atoms with Crippen LogP contribution >= 0.6 is 0 Å². The van der Waals surface area contributed by atoms with Crippen molar-refractivity contribution >= 4 is 0 Å². The van der Waals surface area contributed by atoms with Crippen molar-refractivity contribution in [3.8, 4) is 0 Å². The Hall–Kier alpha value is -0.240. The highest BCUT2D eigenvalue weighted by Crippen LogP contribution is 2.06. The fourth-order valence-electron chi connectivity index (χ4n) is 2.09. The van der Waals surface area contributed by atoms with Gasteiger partial charge in [-0.2, -0.15) is 0 Å². The normalized spacial score (nSPS) is 14.8. The molecule has 1 atom stereocenters. The molecule has 2 N–H and O–H groups in total. The average molecular weight is 261 g/mol. The van der Waals surface area contributed by atoms with Crippen molar-refractivity contribution in [3.63, 3.8) is 0 Å². The van der Waals surface area contributed by atoms with Crippen molar-refractivity contribution in [1.82, 2.24) is 19.6 Å². The van der Waals surface area contributed by atoms with Gasteiger partial charge in [-0.15, -0.1) is 0 Å². The third-order valence-electron chi connectivity index (χ3n) is 2.98. The maximum atomic E-state index is 6.13. The summed E-state index contributed by atoms with van der Waals surface area (Å²) in [7, 11) is 16.2. The van der Waals surface area contributed by atoms with Crippen molar-refractivity contribution in [2.24, 2.45) is 5.73 Å². The first-order valence-electron chi connectivity index (χ1n) is 6.21. The Morgan fingerprint density at radius 3 is 1.44 bits per heavy atom. The van der Waals surface area contributed by atoms with Crippen LogP contribution in [0.15, 0.2) is 0 Å². The first-order valence-corrected chi connectivity index (χ1v) is 6.21. The van der Waals surface area contributed by atoms with Crippen molar-refractivity contribution in [2.45, 2.75) is 18.6 Å². The molecule has 0 aromatic carbocycles. The lowest BCUT2D eigenvalue weighted by Crippen LogP contribution is -2.55. The lowest BCUT2D eigenvalue weighted by molar-refractivity contribution is -0.0782. The zero-order valence-corrected chi connectivity index (χ0v) is 13.2. The quantitative estimate of drug-likeness (QED) is 0.577. The fraction of sp³-hybridized carbons (Fsp3) is 1.00. The molecule has 0 radical (unpaired) electrons. The lowest BCUT2D eigenvalue weighted by Gasteiger charge is -2.37. The van der Waals surface area contributed by atoms with Gasteiger partial charge in [0.05, 0.1) is 12.8 Å². The highest BCUT2D eigenvalue weighted by molar-refractivity contribution is 4.71. The molecule has 0 amide bonds. The van der Waals surface area contributed by atoms with Gasteiger partial charge in [-0.3, -0.25) is 19.6 Å². The Bertz CT molecular complexity index is 205.